The number of nitrogens with one attached hydrogen (secondary N) is 2. The van der Waals surface area contributed by atoms with E-state index in [2.05, 4.69) is 46.6 Å². The second-order valence-electron chi connectivity index (χ2n) is 10.8. The van der Waals surface area contributed by atoms with E-state index in [0.29, 0.717) is 35.0 Å². The Morgan fingerprint density at radius 1 is 1.17 bits per heavy atom. The van der Waals surface area contributed by atoms with Crippen LogP contribution in [0.1, 0.15) is 58.4 Å². The molecule has 9 heteroatoms. The summed E-state index contributed by atoms with van der Waals surface area (Å²) in [5, 5.41) is 7.22. The predicted molar refractivity (Wildman–Crippen MR) is 140 cm³/mol. The summed E-state index contributed by atoms with van der Waals surface area (Å²) in [4.78, 5) is 26.9. The van der Waals surface area contributed by atoms with Gasteiger partial charge in [0.2, 0.25) is 5.95 Å². The van der Waals surface area contributed by atoms with Crippen LogP contribution in [-0.4, -0.2) is 30.9 Å². The summed E-state index contributed by atoms with van der Waals surface area (Å²) >= 11 is 0. The van der Waals surface area contributed by atoms with Crippen LogP contribution in [0, 0.1) is 5.82 Å². The van der Waals surface area contributed by atoms with Crippen molar-refractivity contribution in [2.24, 2.45) is 0 Å². The van der Waals surface area contributed by atoms with Crippen molar-refractivity contribution >= 4 is 22.7 Å². The third-order valence-electron chi connectivity index (χ3n) is 6.73. The van der Waals surface area contributed by atoms with Crippen LogP contribution in [0.5, 0.6) is 0 Å². The van der Waals surface area contributed by atoms with Gasteiger partial charge in [0.05, 0.1) is 5.69 Å². The Balaban J connectivity index is 1.60. The van der Waals surface area contributed by atoms with E-state index in [-0.39, 0.29) is 16.9 Å². The van der Waals surface area contributed by atoms with Crippen molar-refractivity contribution < 1.29 is 4.39 Å². The van der Waals surface area contributed by atoms with E-state index in [1.54, 1.807) is 15.4 Å². The first kappa shape index (κ1) is 24.1. The van der Waals surface area contributed by atoms with E-state index in [0.717, 1.165) is 18.7 Å². The summed E-state index contributed by atoms with van der Waals surface area (Å²) in [6, 6.07) is 9.24. The van der Waals surface area contributed by atoms with Gasteiger partial charge >= 0.3 is 0 Å². The minimum absolute atomic E-state index is 0.0747. The van der Waals surface area contributed by atoms with Gasteiger partial charge in [-0.15, -0.1) is 0 Å². The second kappa shape index (κ2) is 8.51. The number of fused-ring (bicyclic) bond motifs is 2. The molecule has 0 amide bonds. The fourth-order valence-electron chi connectivity index (χ4n) is 4.90. The lowest BCUT2D eigenvalue weighted by atomic mass is 9.85. The molecule has 188 valence electrons. The number of halogens is 1. The van der Waals surface area contributed by atoms with Crippen LogP contribution in [0.25, 0.3) is 16.9 Å². The van der Waals surface area contributed by atoms with E-state index >= 15 is 0 Å². The number of nitrogens with zero attached hydrogens (tertiary/aromatic N) is 5. The standard InChI is InChI=1S/C27H32FN7O/c1-7-34-24(36)18-15-29-25(31-17-8-9-19-16(14-17)12-13-30-27(19,5)6)33-23(18)35(34)21-11-10-20(28)22(32-21)26(2,3)4/h8-11,14-15,30H,7,12-13H2,1-6H3,(H,29,31,33). The van der Waals surface area contributed by atoms with Gasteiger partial charge in [-0.25, -0.2) is 23.7 Å². The van der Waals surface area contributed by atoms with Crippen LogP contribution >= 0.6 is 0 Å². The molecule has 1 aliphatic heterocycles. The summed E-state index contributed by atoms with van der Waals surface area (Å²) < 4.78 is 17.8. The monoisotopic (exact) mass is 489 g/mol. The van der Waals surface area contributed by atoms with Gasteiger partial charge in [0.1, 0.15) is 11.2 Å². The van der Waals surface area contributed by atoms with E-state index < -0.39 is 5.41 Å². The van der Waals surface area contributed by atoms with Crippen molar-refractivity contribution in [3.05, 3.63) is 69.5 Å². The Morgan fingerprint density at radius 2 is 1.94 bits per heavy atom. The number of rotatable bonds is 4. The quantitative estimate of drug-likeness (QED) is 0.437. The highest BCUT2D eigenvalue weighted by Gasteiger charge is 2.27. The van der Waals surface area contributed by atoms with Crippen LogP contribution in [-0.2, 0) is 23.9 Å². The number of benzene rings is 1. The van der Waals surface area contributed by atoms with Crippen molar-refractivity contribution in [2.75, 3.05) is 11.9 Å². The molecule has 0 atom stereocenters. The van der Waals surface area contributed by atoms with E-state index in [9.17, 15) is 9.18 Å². The second-order valence-corrected chi connectivity index (χ2v) is 10.8. The fourth-order valence-corrected chi connectivity index (χ4v) is 4.90. The molecule has 0 bridgehead atoms. The fraction of sp³-hybridized carbons (Fsp3) is 0.407. The Labute approximate surface area is 209 Å². The van der Waals surface area contributed by atoms with Gasteiger partial charge in [-0.3, -0.25) is 4.79 Å². The first-order chi connectivity index (χ1) is 17.0. The lowest BCUT2D eigenvalue weighted by molar-refractivity contribution is 0.382. The van der Waals surface area contributed by atoms with Crippen LogP contribution in [0.15, 0.2) is 41.3 Å². The zero-order chi connectivity index (χ0) is 25.8. The Morgan fingerprint density at radius 3 is 2.67 bits per heavy atom. The molecule has 0 fully saturated rings. The van der Waals surface area contributed by atoms with E-state index in [1.165, 1.54) is 23.4 Å². The third-order valence-corrected chi connectivity index (χ3v) is 6.73. The zero-order valence-corrected chi connectivity index (χ0v) is 21.6. The number of aromatic nitrogens is 5. The lowest BCUT2D eigenvalue weighted by Gasteiger charge is -2.34. The SMILES string of the molecule is CCn1c(=O)c2cnc(Nc3ccc4c(c3)CCNC4(C)C)nc2n1-c1ccc(F)c(C(C)(C)C)n1. The number of anilines is 2. The van der Waals surface area contributed by atoms with Gasteiger partial charge in [0.15, 0.2) is 11.5 Å². The summed E-state index contributed by atoms with van der Waals surface area (Å²) in [5.41, 5.74) is 3.39. The highest BCUT2D eigenvalue weighted by molar-refractivity contribution is 5.77. The minimum atomic E-state index is -0.501. The van der Waals surface area contributed by atoms with Crippen molar-refractivity contribution in [3.8, 4) is 5.82 Å². The molecule has 0 saturated heterocycles. The van der Waals surface area contributed by atoms with Gasteiger partial charge in [0, 0.05) is 29.4 Å². The summed E-state index contributed by atoms with van der Waals surface area (Å²) in [6.07, 6.45) is 2.48. The summed E-state index contributed by atoms with van der Waals surface area (Å²) in [6.45, 7) is 13.3. The first-order valence-corrected chi connectivity index (χ1v) is 12.3. The average molecular weight is 490 g/mol. The first-order valence-electron chi connectivity index (χ1n) is 12.3. The normalized spacial score (nSPS) is 15.2. The maximum absolute atomic E-state index is 14.6. The summed E-state index contributed by atoms with van der Waals surface area (Å²) in [7, 11) is 0. The number of hydrogen-bond acceptors (Lipinski definition) is 6. The maximum atomic E-state index is 14.6. The van der Waals surface area contributed by atoms with E-state index in [1.807, 2.05) is 33.8 Å². The molecule has 3 aromatic heterocycles. The number of hydrogen-bond donors (Lipinski definition) is 2. The van der Waals surface area contributed by atoms with E-state index in [4.69, 9.17) is 4.98 Å². The molecule has 8 nitrogen and oxygen atoms in total. The average Bonchev–Trinajstić information content (AvgIpc) is 3.09. The Hall–Kier alpha value is -3.59. The predicted octanol–water partition coefficient (Wildman–Crippen LogP) is 4.56. The molecule has 0 aliphatic carbocycles. The molecule has 0 saturated carbocycles. The molecular weight excluding hydrogens is 457 g/mol. The Bertz CT molecular complexity index is 1530. The van der Waals surface area contributed by atoms with Crippen molar-refractivity contribution in [1.29, 1.82) is 0 Å². The van der Waals surface area contributed by atoms with Crippen molar-refractivity contribution in [2.45, 2.75) is 65.5 Å². The molecule has 1 aromatic carbocycles. The zero-order valence-electron chi connectivity index (χ0n) is 21.6. The van der Waals surface area contributed by atoms with Crippen LogP contribution < -0.4 is 16.2 Å². The largest absolute Gasteiger partial charge is 0.324 e. The Kier molecular flexibility index (Phi) is 5.70. The maximum Gasteiger partial charge on any atom is 0.278 e. The minimum Gasteiger partial charge on any atom is -0.324 e. The van der Waals surface area contributed by atoms with Gasteiger partial charge in [-0.2, -0.15) is 4.98 Å². The van der Waals surface area contributed by atoms with Crippen molar-refractivity contribution in [1.82, 2.24) is 29.6 Å². The third kappa shape index (κ3) is 4.07. The van der Waals surface area contributed by atoms with Gasteiger partial charge in [-0.1, -0.05) is 26.8 Å². The van der Waals surface area contributed by atoms with Gasteiger partial charge in [0.25, 0.3) is 5.56 Å². The molecule has 4 aromatic rings. The van der Waals surface area contributed by atoms with Crippen molar-refractivity contribution in [3.63, 3.8) is 0 Å². The van der Waals surface area contributed by atoms with Gasteiger partial charge in [-0.05, 0) is 69.1 Å². The van der Waals surface area contributed by atoms with Crippen LogP contribution in [0.4, 0.5) is 16.0 Å². The topological polar surface area (TPSA) is 89.7 Å². The summed E-state index contributed by atoms with van der Waals surface area (Å²) in [5.74, 6) is 0.426. The molecule has 36 heavy (non-hydrogen) atoms. The molecule has 2 N–H and O–H groups in total. The molecule has 1 aliphatic rings. The molecular formula is C27H32FN7O. The smallest absolute Gasteiger partial charge is 0.278 e. The number of pyridine rings is 1. The molecule has 5 rings (SSSR count). The highest BCUT2D eigenvalue weighted by Crippen LogP contribution is 2.31. The lowest BCUT2D eigenvalue weighted by Crippen LogP contribution is -2.42. The molecule has 0 spiro atoms. The molecule has 0 unspecified atom stereocenters. The van der Waals surface area contributed by atoms with Crippen LogP contribution in [0.3, 0.4) is 0 Å². The molecule has 0 radical (unpaired) electrons. The van der Waals surface area contributed by atoms with Gasteiger partial charge < -0.3 is 10.6 Å². The highest BCUT2D eigenvalue weighted by atomic mass is 19.1. The molecule has 4 heterocycles. The van der Waals surface area contributed by atoms with Crippen LogP contribution in [0.2, 0.25) is 0 Å².